The minimum Gasteiger partial charge on any atom is -0.460 e. The second-order valence-corrected chi connectivity index (χ2v) is 6.28. The summed E-state index contributed by atoms with van der Waals surface area (Å²) in [5.41, 5.74) is 2.78. The molecule has 1 saturated carbocycles. The zero-order valence-electron chi connectivity index (χ0n) is 13.0. The molecule has 0 spiro atoms. The maximum Gasteiger partial charge on any atom is 0.134 e. The highest BCUT2D eigenvalue weighted by molar-refractivity contribution is 5.82. The fourth-order valence-corrected chi connectivity index (χ4v) is 3.97. The molecule has 3 rings (SSSR count). The molecule has 2 aromatic rings. The van der Waals surface area contributed by atoms with Crippen LogP contribution >= 0.6 is 0 Å². The van der Waals surface area contributed by atoms with E-state index in [4.69, 9.17) is 4.42 Å². The second-order valence-electron chi connectivity index (χ2n) is 6.28. The maximum absolute atomic E-state index is 6.26. The molecule has 1 aromatic heterocycles. The largest absolute Gasteiger partial charge is 0.460 e. The summed E-state index contributed by atoms with van der Waals surface area (Å²) in [5, 5.41) is 4.77. The first kappa shape index (κ1) is 13.7. The number of para-hydroxylation sites is 1. The van der Waals surface area contributed by atoms with Crippen molar-refractivity contribution < 1.29 is 4.42 Å². The van der Waals surface area contributed by atoms with Gasteiger partial charge in [-0.15, -0.1) is 0 Å². The molecule has 0 bridgehead atoms. The quantitative estimate of drug-likeness (QED) is 0.886. The summed E-state index contributed by atoms with van der Waals surface area (Å²) < 4.78 is 6.26. The Balaban J connectivity index is 2.07. The van der Waals surface area contributed by atoms with E-state index in [1.807, 2.05) is 0 Å². The molecule has 0 aliphatic heterocycles. The van der Waals surface area contributed by atoms with Crippen molar-refractivity contribution in [2.45, 2.75) is 52.0 Å². The molecule has 108 valence electrons. The van der Waals surface area contributed by atoms with Gasteiger partial charge in [0, 0.05) is 22.9 Å². The van der Waals surface area contributed by atoms with E-state index in [2.05, 4.69) is 57.4 Å². The summed E-state index contributed by atoms with van der Waals surface area (Å²) in [6, 6.07) is 9.06. The van der Waals surface area contributed by atoms with Gasteiger partial charge in [0.2, 0.25) is 0 Å². The molecular formula is C18H25NO. The van der Waals surface area contributed by atoms with Crippen molar-refractivity contribution >= 4 is 11.0 Å². The topological polar surface area (TPSA) is 25.2 Å². The van der Waals surface area contributed by atoms with E-state index < -0.39 is 0 Å². The lowest BCUT2D eigenvalue weighted by Gasteiger charge is -2.53. The fraction of sp³-hybridized carbons (Fsp3) is 0.556. The molecule has 2 heteroatoms. The number of hydrogen-bond donors (Lipinski definition) is 1. The lowest BCUT2D eigenvalue weighted by Crippen LogP contribution is -2.55. The Morgan fingerprint density at radius 3 is 2.70 bits per heavy atom. The van der Waals surface area contributed by atoms with Crippen LogP contribution in [0.5, 0.6) is 0 Å². The van der Waals surface area contributed by atoms with Crippen molar-refractivity contribution in [2.24, 2.45) is 5.41 Å². The number of benzene rings is 1. The zero-order valence-corrected chi connectivity index (χ0v) is 13.0. The van der Waals surface area contributed by atoms with Crippen molar-refractivity contribution in [1.29, 1.82) is 0 Å². The monoisotopic (exact) mass is 271 g/mol. The highest BCUT2D eigenvalue weighted by Crippen LogP contribution is 2.56. The first-order valence-electron chi connectivity index (χ1n) is 7.83. The van der Waals surface area contributed by atoms with Crippen LogP contribution in [0.3, 0.4) is 0 Å². The van der Waals surface area contributed by atoms with Gasteiger partial charge in [-0.1, -0.05) is 39.0 Å². The first-order valence-corrected chi connectivity index (χ1v) is 7.83. The average Bonchev–Trinajstić information content (AvgIpc) is 2.83. The van der Waals surface area contributed by atoms with Gasteiger partial charge in [0.05, 0.1) is 0 Å². The van der Waals surface area contributed by atoms with Gasteiger partial charge in [-0.2, -0.15) is 0 Å². The van der Waals surface area contributed by atoms with Crippen LogP contribution in [0.25, 0.3) is 11.0 Å². The van der Waals surface area contributed by atoms with Crippen LogP contribution in [0.4, 0.5) is 0 Å². The molecule has 0 amide bonds. The molecule has 20 heavy (non-hydrogen) atoms. The molecule has 1 N–H and O–H groups in total. The molecule has 1 fully saturated rings. The van der Waals surface area contributed by atoms with Crippen LogP contribution in [-0.2, 0) is 6.42 Å². The number of nitrogens with one attached hydrogen (secondary N) is 1. The van der Waals surface area contributed by atoms with Gasteiger partial charge in [0.1, 0.15) is 11.3 Å². The summed E-state index contributed by atoms with van der Waals surface area (Å²) >= 11 is 0. The van der Waals surface area contributed by atoms with E-state index in [1.54, 1.807) is 0 Å². The summed E-state index contributed by atoms with van der Waals surface area (Å²) in [5.74, 6) is 1.79. The molecular weight excluding hydrogens is 246 g/mol. The number of aryl methyl sites for hydroxylation is 1. The van der Waals surface area contributed by atoms with Gasteiger partial charge in [-0.05, 0) is 37.8 Å². The van der Waals surface area contributed by atoms with E-state index >= 15 is 0 Å². The number of furan rings is 1. The van der Waals surface area contributed by atoms with Crippen molar-refractivity contribution in [3.63, 3.8) is 0 Å². The zero-order chi connectivity index (χ0) is 14.3. The van der Waals surface area contributed by atoms with Crippen LogP contribution in [-0.4, -0.2) is 13.1 Å². The number of fused-ring (bicyclic) bond motifs is 1. The maximum atomic E-state index is 6.26. The van der Waals surface area contributed by atoms with Crippen LogP contribution in [0.15, 0.2) is 28.7 Å². The lowest BCUT2D eigenvalue weighted by molar-refractivity contribution is 0.0372. The van der Waals surface area contributed by atoms with Crippen molar-refractivity contribution in [1.82, 2.24) is 5.32 Å². The molecule has 0 saturated heterocycles. The first-order chi connectivity index (χ1) is 9.65. The Morgan fingerprint density at radius 2 is 2.05 bits per heavy atom. The van der Waals surface area contributed by atoms with Gasteiger partial charge in [-0.3, -0.25) is 0 Å². The third-order valence-corrected chi connectivity index (χ3v) is 5.57. The Kier molecular flexibility index (Phi) is 3.37. The average molecular weight is 271 g/mol. The molecule has 1 aromatic carbocycles. The molecule has 2 nitrogen and oxygen atoms in total. The van der Waals surface area contributed by atoms with E-state index in [0.717, 1.165) is 12.0 Å². The summed E-state index contributed by atoms with van der Waals surface area (Å²) in [7, 11) is 2.08. The van der Waals surface area contributed by atoms with Crippen molar-refractivity contribution in [3.8, 4) is 0 Å². The van der Waals surface area contributed by atoms with E-state index in [-0.39, 0.29) is 0 Å². The van der Waals surface area contributed by atoms with E-state index in [0.29, 0.717) is 17.4 Å². The van der Waals surface area contributed by atoms with Gasteiger partial charge in [-0.25, -0.2) is 0 Å². The molecule has 1 heterocycles. The van der Waals surface area contributed by atoms with Gasteiger partial charge in [0.15, 0.2) is 0 Å². The van der Waals surface area contributed by atoms with E-state index in [1.165, 1.54) is 29.6 Å². The summed E-state index contributed by atoms with van der Waals surface area (Å²) in [6.07, 6.45) is 3.42. The van der Waals surface area contributed by atoms with Crippen molar-refractivity contribution in [3.05, 3.63) is 35.6 Å². The SMILES string of the molecule is CCc1c(C2CC(NC)C2(C)CC)oc2ccccc12. The Labute approximate surface area is 121 Å². The van der Waals surface area contributed by atoms with Gasteiger partial charge in [0.25, 0.3) is 0 Å². The van der Waals surface area contributed by atoms with Crippen LogP contribution in [0, 0.1) is 5.41 Å². The summed E-state index contributed by atoms with van der Waals surface area (Å²) in [4.78, 5) is 0. The lowest BCUT2D eigenvalue weighted by atomic mass is 9.55. The van der Waals surface area contributed by atoms with Gasteiger partial charge < -0.3 is 9.73 Å². The third kappa shape index (κ3) is 1.74. The normalized spacial score (nSPS) is 29.6. The third-order valence-electron chi connectivity index (χ3n) is 5.57. The van der Waals surface area contributed by atoms with Crippen molar-refractivity contribution in [2.75, 3.05) is 7.05 Å². The predicted octanol–water partition coefficient (Wildman–Crippen LogP) is 4.49. The molecule has 3 unspecified atom stereocenters. The second kappa shape index (κ2) is 4.92. The van der Waals surface area contributed by atoms with Crippen LogP contribution < -0.4 is 5.32 Å². The molecule has 0 radical (unpaired) electrons. The minimum atomic E-state index is 0.312. The molecule has 1 aliphatic carbocycles. The molecule has 3 atom stereocenters. The smallest absolute Gasteiger partial charge is 0.134 e. The Bertz CT molecular complexity index is 615. The predicted molar refractivity (Wildman–Crippen MR) is 84.2 cm³/mol. The number of hydrogen-bond acceptors (Lipinski definition) is 2. The minimum absolute atomic E-state index is 0.312. The highest BCUT2D eigenvalue weighted by Gasteiger charge is 2.52. The summed E-state index contributed by atoms with van der Waals surface area (Å²) in [6.45, 7) is 6.93. The van der Waals surface area contributed by atoms with Gasteiger partial charge >= 0.3 is 0 Å². The standard InChI is InChI=1S/C18H25NO/c1-5-12-13-9-7-8-10-15(13)20-17(12)14-11-16(19-4)18(14,3)6-2/h7-10,14,16,19H,5-6,11H2,1-4H3. The van der Waals surface area contributed by atoms with E-state index in [9.17, 15) is 0 Å². The number of rotatable bonds is 4. The molecule has 1 aliphatic rings. The van der Waals surface area contributed by atoms with Crippen LogP contribution in [0.1, 0.15) is 50.9 Å². The highest BCUT2D eigenvalue weighted by atomic mass is 16.3. The van der Waals surface area contributed by atoms with Crippen LogP contribution in [0.2, 0.25) is 0 Å². The fourth-order valence-electron chi connectivity index (χ4n) is 3.97. The Morgan fingerprint density at radius 1 is 1.30 bits per heavy atom. The Hall–Kier alpha value is -1.28.